The lowest BCUT2D eigenvalue weighted by atomic mass is 10.2. The van der Waals surface area contributed by atoms with E-state index in [-0.39, 0.29) is 11.5 Å². The third-order valence-electron chi connectivity index (χ3n) is 2.09. The molecule has 6 nitrogen and oxygen atoms in total. The van der Waals surface area contributed by atoms with Gasteiger partial charge in [-0.25, -0.2) is 4.79 Å². The lowest BCUT2D eigenvalue weighted by Crippen LogP contribution is -2.13. The van der Waals surface area contributed by atoms with Gasteiger partial charge >= 0.3 is 5.97 Å². The highest BCUT2D eigenvalue weighted by molar-refractivity contribution is 6.03. The Hall–Kier alpha value is -2.63. The van der Waals surface area contributed by atoms with E-state index in [9.17, 15) is 9.59 Å². The van der Waals surface area contributed by atoms with Gasteiger partial charge in [-0.3, -0.25) is 9.78 Å². The second-order valence-electron chi connectivity index (χ2n) is 3.31. The number of amides is 1. The van der Waals surface area contributed by atoms with Crippen LogP contribution in [0.1, 0.15) is 20.8 Å². The molecular formula is C11H9N3O3. The average Bonchev–Trinajstić information content (AvgIpc) is 2.82. The summed E-state index contributed by atoms with van der Waals surface area (Å²) >= 11 is 0. The van der Waals surface area contributed by atoms with Crippen LogP contribution in [0, 0.1) is 0 Å². The summed E-state index contributed by atoms with van der Waals surface area (Å²) in [6.07, 6.45) is 4.22. The van der Waals surface area contributed by atoms with Gasteiger partial charge in [-0.05, 0) is 18.2 Å². The van der Waals surface area contributed by atoms with Crippen LogP contribution in [0.15, 0.2) is 36.8 Å². The fourth-order valence-corrected chi connectivity index (χ4v) is 1.30. The molecule has 3 N–H and O–H groups in total. The van der Waals surface area contributed by atoms with E-state index in [1.807, 2.05) is 0 Å². The van der Waals surface area contributed by atoms with E-state index >= 15 is 0 Å². The number of rotatable bonds is 3. The maximum absolute atomic E-state index is 11.6. The molecule has 0 unspecified atom stereocenters. The van der Waals surface area contributed by atoms with E-state index in [4.69, 9.17) is 5.11 Å². The van der Waals surface area contributed by atoms with Crippen molar-refractivity contribution < 1.29 is 14.7 Å². The van der Waals surface area contributed by atoms with Crippen molar-refractivity contribution in [2.45, 2.75) is 0 Å². The number of nitrogens with one attached hydrogen (secondary N) is 2. The van der Waals surface area contributed by atoms with Crippen molar-refractivity contribution in [3.8, 4) is 0 Å². The number of aromatic amines is 1. The Morgan fingerprint density at radius 2 is 2.18 bits per heavy atom. The number of carboxylic acids is 1. The summed E-state index contributed by atoms with van der Waals surface area (Å²) in [5.41, 5.74) is 0.754. The highest BCUT2D eigenvalue weighted by atomic mass is 16.4. The standard InChI is InChI=1S/C11H9N3O3/c15-10(9-2-1-3-13-9)14-8-4-7(11(16)17)5-12-6-8/h1-6,13H,(H,14,15)(H,16,17). The molecule has 0 spiro atoms. The van der Waals surface area contributed by atoms with Crippen molar-refractivity contribution in [3.05, 3.63) is 48.0 Å². The molecular weight excluding hydrogens is 222 g/mol. The molecule has 0 aliphatic heterocycles. The Morgan fingerprint density at radius 3 is 2.82 bits per heavy atom. The Morgan fingerprint density at radius 1 is 1.35 bits per heavy atom. The van der Waals surface area contributed by atoms with Crippen LogP contribution in [0.5, 0.6) is 0 Å². The summed E-state index contributed by atoms with van der Waals surface area (Å²) in [5.74, 6) is -1.44. The predicted molar refractivity (Wildman–Crippen MR) is 59.9 cm³/mol. The number of pyridine rings is 1. The van der Waals surface area contributed by atoms with E-state index in [2.05, 4.69) is 15.3 Å². The number of carbonyl (C=O) groups is 2. The topological polar surface area (TPSA) is 95.1 Å². The molecule has 0 aromatic carbocycles. The van der Waals surface area contributed by atoms with Crippen molar-refractivity contribution in [1.29, 1.82) is 0 Å². The first-order valence-corrected chi connectivity index (χ1v) is 4.80. The van der Waals surface area contributed by atoms with E-state index < -0.39 is 5.97 Å². The third-order valence-corrected chi connectivity index (χ3v) is 2.09. The number of anilines is 1. The second-order valence-corrected chi connectivity index (χ2v) is 3.31. The van der Waals surface area contributed by atoms with E-state index in [1.165, 1.54) is 18.5 Å². The molecule has 0 saturated heterocycles. The van der Waals surface area contributed by atoms with Crippen LogP contribution in [-0.2, 0) is 0 Å². The summed E-state index contributed by atoms with van der Waals surface area (Å²) < 4.78 is 0. The number of nitrogens with zero attached hydrogens (tertiary/aromatic N) is 1. The molecule has 0 fully saturated rings. The van der Waals surface area contributed by atoms with Crippen LogP contribution in [-0.4, -0.2) is 27.0 Å². The molecule has 2 aromatic heterocycles. The first kappa shape index (κ1) is 10.9. The lowest BCUT2D eigenvalue weighted by Gasteiger charge is -2.03. The summed E-state index contributed by atoms with van der Waals surface area (Å²) in [4.78, 5) is 28.8. The minimum absolute atomic E-state index is 0.0225. The fraction of sp³-hybridized carbons (Fsp3) is 0. The van der Waals surface area contributed by atoms with E-state index in [1.54, 1.807) is 18.3 Å². The summed E-state index contributed by atoms with van der Waals surface area (Å²) in [5, 5.41) is 11.3. The van der Waals surface area contributed by atoms with Gasteiger partial charge in [0, 0.05) is 12.4 Å². The van der Waals surface area contributed by atoms with Crippen LogP contribution in [0.4, 0.5) is 5.69 Å². The van der Waals surface area contributed by atoms with Crippen molar-refractivity contribution in [3.63, 3.8) is 0 Å². The van der Waals surface area contributed by atoms with Gasteiger partial charge in [-0.15, -0.1) is 0 Å². The molecule has 86 valence electrons. The molecule has 2 rings (SSSR count). The van der Waals surface area contributed by atoms with Crippen molar-refractivity contribution in [2.75, 3.05) is 5.32 Å². The highest BCUT2D eigenvalue weighted by Gasteiger charge is 2.08. The van der Waals surface area contributed by atoms with Gasteiger partial charge in [0.15, 0.2) is 0 Å². The fourth-order valence-electron chi connectivity index (χ4n) is 1.30. The first-order valence-electron chi connectivity index (χ1n) is 4.80. The molecule has 0 atom stereocenters. The van der Waals surface area contributed by atoms with Gasteiger partial charge in [0.2, 0.25) is 0 Å². The van der Waals surface area contributed by atoms with Gasteiger partial charge in [0.1, 0.15) is 5.69 Å². The van der Waals surface area contributed by atoms with Crippen molar-refractivity contribution >= 4 is 17.6 Å². The zero-order valence-corrected chi connectivity index (χ0v) is 8.68. The maximum atomic E-state index is 11.6. The van der Waals surface area contributed by atoms with E-state index in [0.717, 1.165) is 0 Å². The molecule has 0 aliphatic carbocycles. The summed E-state index contributed by atoms with van der Waals surface area (Å²) in [7, 11) is 0. The zero-order valence-electron chi connectivity index (χ0n) is 8.68. The molecule has 0 bridgehead atoms. The third kappa shape index (κ3) is 2.49. The van der Waals surface area contributed by atoms with Gasteiger partial charge in [0.25, 0.3) is 5.91 Å². The zero-order chi connectivity index (χ0) is 12.3. The quantitative estimate of drug-likeness (QED) is 0.743. The number of carbonyl (C=O) groups excluding carboxylic acids is 1. The summed E-state index contributed by atoms with van der Waals surface area (Å²) in [6.45, 7) is 0. The number of hydrogen-bond acceptors (Lipinski definition) is 3. The van der Waals surface area contributed by atoms with Crippen LogP contribution < -0.4 is 5.32 Å². The molecule has 0 aliphatic rings. The second kappa shape index (κ2) is 4.48. The number of hydrogen-bond donors (Lipinski definition) is 3. The minimum Gasteiger partial charge on any atom is -0.478 e. The Balaban J connectivity index is 2.16. The minimum atomic E-state index is -1.09. The van der Waals surface area contributed by atoms with E-state index in [0.29, 0.717) is 11.4 Å². The van der Waals surface area contributed by atoms with Gasteiger partial charge in [-0.1, -0.05) is 0 Å². The first-order chi connectivity index (χ1) is 8.16. The normalized spacial score (nSPS) is 9.88. The van der Waals surface area contributed by atoms with Crippen molar-refractivity contribution in [1.82, 2.24) is 9.97 Å². The van der Waals surface area contributed by atoms with Crippen LogP contribution in [0.25, 0.3) is 0 Å². The van der Waals surface area contributed by atoms with Crippen LogP contribution in [0.3, 0.4) is 0 Å². The van der Waals surface area contributed by atoms with Gasteiger partial charge < -0.3 is 15.4 Å². The number of carboxylic acid groups (broad SMARTS) is 1. The molecule has 2 aromatic rings. The van der Waals surface area contributed by atoms with Crippen molar-refractivity contribution in [2.24, 2.45) is 0 Å². The number of H-pyrrole nitrogens is 1. The smallest absolute Gasteiger partial charge is 0.337 e. The molecule has 2 heterocycles. The monoisotopic (exact) mass is 231 g/mol. The average molecular weight is 231 g/mol. The molecule has 6 heteroatoms. The Labute approximate surface area is 96.3 Å². The molecule has 1 amide bonds. The Kier molecular flexibility index (Phi) is 2.87. The van der Waals surface area contributed by atoms with Crippen LogP contribution in [0.2, 0.25) is 0 Å². The lowest BCUT2D eigenvalue weighted by molar-refractivity contribution is 0.0696. The molecule has 17 heavy (non-hydrogen) atoms. The SMILES string of the molecule is O=C(O)c1cncc(NC(=O)c2ccc[nH]2)c1. The summed E-state index contributed by atoms with van der Waals surface area (Å²) in [6, 6.07) is 4.65. The van der Waals surface area contributed by atoms with Gasteiger partial charge in [-0.2, -0.15) is 0 Å². The molecule has 0 saturated carbocycles. The number of aromatic carboxylic acids is 1. The largest absolute Gasteiger partial charge is 0.478 e. The maximum Gasteiger partial charge on any atom is 0.337 e. The van der Waals surface area contributed by atoms with Gasteiger partial charge in [0.05, 0.1) is 17.4 Å². The number of aromatic nitrogens is 2. The molecule has 0 radical (unpaired) electrons. The highest BCUT2D eigenvalue weighted by Crippen LogP contribution is 2.09. The predicted octanol–water partition coefficient (Wildman–Crippen LogP) is 1.36. The Bertz CT molecular complexity index is 549. The van der Waals surface area contributed by atoms with Crippen LogP contribution >= 0.6 is 0 Å².